The summed E-state index contributed by atoms with van der Waals surface area (Å²) in [6, 6.07) is 8.03. The third kappa shape index (κ3) is 3.30. The van der Waals surface area contributed by atoms with Crippen LogP contribution in [0.4, 0.5) is 0 Å². The average Bonchev–Trinajstić information content (AvgIpc) is 3.41. The van der Waals surface area contributed by atoms with Crippen molar-refractivity contribution in [3.05, 3.63) is 17.7 Å². The lowest BCUT2D eigenvalue weighted by atomic mass is 9.93. The summed E-state index contributed by atoms with van der Waals surface area (Å²) < 4.78 is 28.9. The number of amidine groups is 1. The number of benzene rings is 1. The Morgan fingerprint density at radius 3 is 1.91 bits per heavy atom. The number of nitriles is 2. The van der Waals surface area contributed by atoms with E-state index in [2.05, 4.69) is 17.1 Å². The number of ether oxygens (including phenoxy) is 5. The maximum atomic E-state index is 10.6. The van der Waals surface area contributed by atoms with Crippen molar-refractivity contribution in [3.8, 4) is 29.4 Å². The first kappa shape index (κ1) is 24.6. The zero-order valence-corrected chi connectivity index (χ0v) is 19.9. The van der Waals surface area contributed by atoms with Gasteiger partial charge in [0.25, 0.3) is 5.91 Å². The van der Waals surface area contributed by atoms with Crippen molar-refractivity contribution in [1.82, 2.24) is 0 Å². The lowest BCUT2D eigenvalue weighted by Crippen LogP contribution is -2.44. The molecule has 1 aromatic carbocycles. The van der Waals surface area contributed by atoms with Gasteiger partial charge in [-0.25, -0.2) is 4.99 Å². The van der Waals surface area contributed by atoms with E-state index in [4.69, 9.17) is 29.4 Å². The van der Waals surface area contributed by atoms with E-state index in [1.54, 1.807) is 12.1 Å². The number of rotatable bonds is 12. The van der Waals surface area contributed by atoms with E-state index in [9.17, 15) is 10.5 Å². The van der Waals surface area contributed by atoms with Crippen LogP contribution >= 0.6 is 0 Å². The summed E-state index contributed by atoms with van der Waals surface area (Å²) in [5, 5.41) is 20.9. The van der Waals surface area contributed by atoms with Gasteiger partial charge in [-0.3, -0.25) is 0 Å². The Hall–Kier alpha value is -3.01. The van der Waals surface area contributed by atoms with Crippen molar-refractivity contribution in [2.45, 2.75) is 51.4 Å². The zero-order chi connectivity index (χ0) is 24.3. The molecule has 0 saturated heterocycles. The normalized spacial score (nSPS) is 26.5. The molecule has 0 bridgehead atoms. The predicted molar refractivity (Wildman–Crippen MR) is 121 cm³/mol. The molecule has 1 saturated carbocycles. The van der Waals surface area contributed by atoms with E-state index in [1.165, 1.54) is 21.3 Å². The molecular formula is C24H32N4O5. The fourth-order valence-electron chi connectivity index (χ4n) is 4.81. The SMILES string of the molecule is CCCCOC1(OCCCC)N=C(N)C2(C#N)C(c3cc(OC)c(OC)cc3OC)C12C#N. The van der Waals surface area contributed by atoms with Crippen molar-refractivity contribution < 1.29 is 23.7 Å². The van der Waals surface area contributed by atoms with Crippen LogP contribution in [0.2, 0.25) is 0 Å². The molecule has 9 heteroatoms. The van der Waals surface area contributed by atoms with Crippen molar-refractivity contribution in [1.29, 1.82) is 10.5 Å². The van der Waals surface area contributed by atoms with E-state index in [-0.39, 0.29) is 5.84 Å². The topological polar surface area (TPSA) is 132 Å². The first-order chi connectivity index (χ1) is 15.9. The van der Waals surface area contributed by atoms with Gasteiger partial charge in [0.1, 0.15) is 17.0 Å². The number of aliphatic imine (C=N–C) groups is 1. The number of methoxy groups -OCH3 is 3. The quantitative estimate of drug-likeness (QED) is 0.373. The summed E-state index contributed by atoms with van der Waals surface area (Å²) in [6.07, 6.45) is 3.28. The fraction of sp³-hybridized carbons (Fsp3) is 0.625. The first-order valence-electron chi connectivity index (χ1n) is 11.2. The molecule has 3 rings (SSSR count). The summed E-state index contributed by atoms with van der Waals surface area (Å²) in [5.41, 5.74) is 4.06. The highest BCUT2D eigenvalue weighted by molar-refractivity contribution is 6.00. The Kier molecular flexibility index (Phi) is 7.06. The van der Waals surface area contributed by atoms with Crippen LogP contribution in [-0.2, 0) is 9.47 Å². The van der Waals surface area contributed by atoms with Gasteiger partial charge >= 0.3 is 0 Å². The number of fused-ring (bicyclic) bond motifs is 1. The van der Waals surface area contributed by atoms with Crippen molar-refractivity contribution in [3.63, 3.8) is 0 Å². The maximum Gasteiger partial charge on any atom is 0.293 e. The summed E-state index contributed by atoms with van der Waals surface area (Å²) in [4.78, 5) is 4.50. The second-order valence-corrected chi connectivity index (χ2v) is 8.20. The van der Waals surface area contributed by atoms with Crippen LogP contribution in [-0.4, -0.2) is 46.3 Å². The van der Waals surface area contributed by atoms with Crippen LogP contribution in [0, 0.1) is 33.5 Å². The van der Waals surface area contributed by atoms with Gasteiger partial charge in [-0.05, 0) is 18.9 Å². The van der Waals surface area contributed by atoms with E-state index in [0.29, 0.717) is 36.0 Å². The molecule has 0 aromatic heterocycles. The van der Waals surface area contributed by atoms with E-state index >= 15 is 0 Å². The first-order valence-corrected chi connectivity index (χ1v) is 11.2. The molecule has 1 aromatic rings. The van der Waals surface area contributed by atoms with Crippen LogP contribution in [0.3, 0.4) is 0 Å². The summed E-state index contributed by atoms with van der Waals surface area (Å²) >= 11 is 0. The number of nitrogens with zero attached hydrogens (tertiary/aromatic N) is 3. The van der Waals surface area contributed by atoms with Gasteiger partial charge in [-0.15, -0.1) is 0 Å². The minimum Gasteiger partial charge on any atom is -0.496 e. The molecule has 1 aliphatic heterocycles. The lowest BCUT2D eigenvalue weighted by molar-refractivity contribution is -0.260. The van der Waals surface area contributed by atoms with Crippen molar-refractivity contribution >= 4 is 5.84 Å². The summed E-state index contributed by atoms with van der Waals surface area (Å²) in [7, 11) is 4.56. The van der Waals surface area contributed by atoms with Crippen LogP contribution < -0.4 is 19.9 Å². The van der Waals surface area contributed by atoms with Gasteiger partial charge in [0.2, 0.25) is 0 Å². The number of hydrogen-bond acceptors (Lipinski definition) is 9. The number of nitrogens with two attached hydrogens (primary N) is 1. The maximum absolute atomic E-state index is 10.6. The van der Waals surface area contributed by atoms with Crippen molar-refractivity contribution in [2.24, 2.45) is 21.6 Å². The lowest BCUT2D eigenvalue weighted by Gasteiger charge is -2.33. The molecule has 2 aliphatic rings. The Labute approximate surface area is 195 Å². The molecule has 0 amide bonds. The summed E-state index contributed by atoms with van der Waals surface area (Å²) in [6.45, 7) is 4.71. The molecule has 33 heavy (non-hydrogen) atoms. The highest BCUT2D eigenvalue weighted by atomic mass is 16.7. The van der Waals surface area contributed by atoms with Gasteiger partial charge in [-0.2, -0.15) is 10.5 Å². The van der Waals surface area contributed by atoms with E-state index in [1.807, 2.05) is 13.8 Å². The Morgan fingerprint density at radius 2 is 1.45 bits per heavy atom. The molecule has 0 radical (unpaired) electrons. The minimum atomic E-state index is -1.69. The predicted octanol–water partition coefficient (Wildman–Crippen LogP) is 3.49. The molecule has 9 nitrogen and oxygen atoms in total. The number of hydrogen-bond donors (Lipinski definition) is 1. The zero-order valence-electron chi connectivity index (χ0n) is 19.9. The van der Waals surface area contributed by atoms with E-state index < -0.39 is 22.7 Å². The van der Waals surface area contributed by atoms with Gasteiger partial charge in [0.15, 0.2) is 16.9 Å². The molecule has 1 fully saturated rings. The molecule has 0 spiro atoms. The van der Waals surface area contributed by atoms with E-state index in [0.717, 1.165) is 25.7 Å². The largest absolute Gasteiger partial charge is 0.496 e. The molecule has 3 unspecified atom stereocenters. The fourth-order valence-corrected chi connectivity index (χ4v) is 4.81. The Morgan fingerprint density at radius 1 is 0.909 bits per heavy atom. The van der Waals surface area contributed by atoms with Gasteiger partial charge in [-0.1, -0.05) is 26.7 Å². The second kappa shape index (κ2) is 9.46. The van der Waals surface area contributed by atoms with Crippen molar-refractivity contribution in [2.75, 3.05) is 34.5 Å². The van der Waals surface area contributed by atoms with Crippen LogP contribution in [0.15, 0.2) is 17.1 Å². The highest BCUT2D eigenvalue weighted by Gasteiger charge is 2.94. The molecule has 178 valence electrons. The highest BCUT2D eigenvalue weighted by Crippen LogP contribution is 2.82. The van der Waals surface area contributed by atoms with Crippen LogP contribution in [0.25, 0.3) is 0 Å². The Bertz CT molecular complexity index is 988. The van der Waals surface area contributed by atoms with Gasteiger partial charge in [0, 0.05) is 17.5 Å². The Balaban J connectivity index is 2.20. The monoisotopic (exact) mass is 456 g/mol. The van der Waals surface area contributed by atoms with Gasteiger partial charge < -0.3 is 29.4 Å². The molecule has 3 atom stereocenters. The third-order valence-corrected chi connectivity index (χ3v) is 6.57. The second-order valence-electron chi connectivity index (χ2n) is 8.20. The van der Waals surface area contributed by atoms with Gasteiger partial charge in [0.05, 0.1) is 46.7 Å². The minimum absolute atomic E-state index is 0.0291. The standard InChI is InChI=1S/C24H32N4O5/c1-6-8-10-32-24(33-11-9-7-2)23(15-26)20(22(23,14-25)21(27)28-24)16-12-18(30-4)19(31-5)13-17(16)29-3/h12-13,20H,6-11H2,1-5H3,(H2,27,28). The molecule has 2 N–H and O–H groups in total. The molecule has 1 aliphatic carbocycles. The van der Waals surface area contributed by atoms with Crippen LogP contribution in [0.5, 0.6) is 17.2 Å². The number of unbranched alkanes of at least 4 members (excludes halogenated alkanes) is 2. The molecular weight excluding hydrogens is 424 g/mol. The summed E-state index contributed by atoms with van der Waals surface area (Å²) in [5.74, 6) is -1.00. The average molecular weight is 457 g/mol. The third-order valence-electron chi connectivity index (χ3n) is 6.57. The van der Waals surface area contributed by atoms with Crippen LogP contribution in [0.1, 0.15) is 51.0 Å². The molecule has 1 heterocycles. The smallest absolute Gasteiger partial charge is 0.293 e.